The molecule has 0 bridgehead atoms. The van der Waals surface area contributed by atoms with Crippen molar-refractivity contribution in [2.45, 2.75) is 62.1 Å². The lowest BCUT2D eigenvalue weighted by Crippen LogP contribution is -2.61. The van der Waals surface area contributed by atoms with Gasteiger partial charge in [-0.3, -0.25) is 14.5 Å². The lowest BCUT2D eigenvalue weighted by molar-refractivity contribution is -0.161. The van der Waals surface area contributed by atoms with Crippen LogP contribution in [0.15, 0.2) is 10.8 Å². The average molecular weight is 441 g/mol. The van der Waals surface area contributed by atoms with E-state index in [1.54, 1.807) is 18.7 Å². The summed E-state index contributed by atoms with van der Waals surface area (Å²) < 4.78 is 4.96. The van der Waals surface area contributed by atoms with E-state index in [4.69, 9.17) is 15.6 Å². The van der Waals surface area contributed by atoms with E-state index in [0.717, 1.165) is 37.3 Å². The number of hydrogen-bond donors (Lipinski definition) is 5. The van der Waals surface area contributed by atoms with Crippen molar-refractivity contribution in [1.29, 1.82) is 0 Å². The molecule has 4 heterocycles. The number of hydrogen-bond acceptors (Lipinski definition) is 8. The number of amides is 2. The van der Waals surface area contributed by atoms with E-state index in [-0.39, 0.29) is 35.0 Å². The molecule has 4 aliphatic rings. The van der Waals surface area contributed by atoms with Gasteiger partial charge in [0.25, 0.3) is 0 Å². The Labute approximate surface area is 178 Å². The van der Waals surface area contributed by atoms with Crippen LogP contribution in [0.4, 0.5) is 4.79 Å². The maximum absolute atomic E-state index is 12.4. The number of carbonyl (C=O) groups is 3. The van der Waals surface area contributed by atoms with Gasteiger partial charge in [0.1, 0.15) is 0 Å². The minimum atomic E-state index is -1.45. The van der Waals surface area contributed by atoms with Gasteiger partial charge in [-0.2, -0.15) is 0 Å². The molecule has 2 amide bonds. The molecule has 4 rings (SSSR count). The number of fused-ring (bicyclic) bond motifs is 1. The number of ether oxygens (including phenoxy) is 1. The number of thioether (sulfide) groups is 1. The molecule has 3 fully saturated rings. The summed E-state index contributed by atoms with van der Waals surface area (Å²) in [6.07, 6.45) is 0.885. The molecule has 0 radical (unpaired) electrons. The number of carboxylic acid groups (broad SMARTS) is 1. The summed E-state index contributed by atoms with van der Waals surface area (Å²) in [6, 6.07) is -0.171. The third-order valence-electron chi connectivity index (χ3n) is 6.50. The van der Waals surface area contributed by atoms with E-state index in [0.29, 0.717) is 18.4 Å². The van der Waals surface area contributed by atoms with Crippen LogP contribution in [0.25, 0.3) is 0 Å². The number of nitrogens with two attached hydrogens (primary N) is 1. The Morgan fingerprint density at radius 2 is 2.10 bits per heavy atom. The Kier molecular flexibility index (Phi) is 5.97. The second kappa shape index (κ2) is 8.37. The minimum Gasteiger partial charge on any atom is -0.449 e. The van der Waals surface area contributed by atoms with Crippen LogP contribution in [0.1, 0.15) is 32.6 Å². The van der Waals surface area contributed by atoms with Crippen LogP contribution in [-0.2, 0) is 14.3 Å². The maximum atomic E-state index is 12.4. The summed E-state index contributed by atoms with van der Waals surface area (Å²) in [5.41, 5.74) is 5.37. The SMILES string of the molecule is C[C@@H](O)[C@H]1C(=O)N2C(OC(=O)O)=C(S[C@@H]3CN[C@H](CC4CN[C@H](C(N)=O)C4)C3)C[C@H]12. The zero-order valence-electron chi connectivity index (χ0n) is 16.7. The van der Waals surface area contributed by atoms with Crippen LogP contribution in [0.2, 0.25) is 0 Å². The summed E-state index contributed by atoms with van der Waals surface area (Å²) in [5.74, 6) is -0.613. The standard InChI is InChI=1S/C19H28N4O6S/c1-8(24)15-13-5-14(18(29-19(27)28)23(13)17(15)26)30-11-4-10(21-7-11)2-9-3-12(16(20)25)22-6-9/h8-13,15,21-22,24H,2-7H2,1H3,(H2,20,25)(H,27,28)/t8-,9?,10-,11+,12+,13-,15-/m1/s1. The molecule has 11 heteroatoms. The second-order valence-corrected chi connectivity index (χ2v) is 10.0. The van der Waals surface area contributed by atoms with Crippen molar-refractivity contribution in [3.05, 3.63) is 10.8 Å². The van der Waals surface area contributed by atoms with Gasteiger partial charge in [0, 0.05) is 29.2 Å². The molecule has 0 aromatic heterocycles. The minimum absolute atomic E-state index is 0.104. The predicted octanol–water partition coefficient (Wildman–Crippen LogP) is -0.221. The van der Waals surface area contributed by atoms with Crippen LogP contribution in [0, 0.1) is 11.8 Å². The van der Waals surface area contributed by atoms with Crippen molar-refractivity contribution in [3.8, 4) is 0 Å². The van der Waals surface area contributed by atoms with Crippen LogP contribution >= 0.6 is 11.8 Å². The Hall–Kier alpha value is -1.82. The molecule has 0 aromatic rings. The van der Waals surface area contributed by atoms with Crippen molar-refractivity contribution in [2.75, 3.05) is 13.1 Å². The summed E-state index contributed by atoms with van der Waals surface area (Å²) in [4.78, 5) is 37.0. The highest BCUT2D eigenvalue weighted by atomic mass is 32.2. The average Bonchev–Trinajstić information content (AvgIpc) is 3.34. The molecule has 4 aliphatic heterocycles. The molecule has 0 saturated carbocycles. The molecule has 7 atom stereocenters. The maximum Gasteiger partial charge on any atom is 0.512 e. The third kappa shape index (κ3) is 4.03. The van der Waals surface area contributed by atoms with Gasteiger partial charge in [0.15, 0.2) is 0 Å². The molecule has 30 heavy (non-hydrogen) atoms. The number of rotatable bonds is 7. The van der Waals surface area contributed by atoms with E-state index < -0.39 is 18.2 Å². The highest BCUT2D eigenvalue weighted by Crippen LogP contribution is 2.49. The molecule has 0 spiro atoms. The molecule has 3 saturated heterocycles. The number of aliphatic hydroxyl groups excluding tert-OH is 1. The number of carbonyl (C=O) groups excluding carboxylic acids is 2. The Balaban J connectivity index is 1.35. The fourth-order valence-electron chi connectivity index (χ4n) is 5.12. The van der Waals surface area contributed by atoms with Gasteiger partial charge in [0.2, 0.25) is 17.7 Å². The van der Waals surface area contributed by atoms with Crippen molar-refractivity contribution in [1.82, 2.24) is 15.5 Å². The molecule has 1 unspecified atom stereocenters. The first-order chi connectivity index (χ1) is 14.2. The van der Waals surface area contributed by atoms with Gasteiger partial charge >= 0.3 is 6.16 Å². The van der Waals surface area contributed by atoms with Crippen molar-refractivity contribution >= 4 is 29.7 Å². The molecular formula is C19H28N4O6S. The summed E-state index contributed by atoms with van der Waals surface area (Å²) >= 11 is 1.56. The van der Waals surface area contributed by atoms with Crippen LogP contribution in [0.3, 0.4) is 0 Å². The van der Waals surface area contributed by atoms with E-state index in [1.807, 2.05) is 0 Å². The van der Waals surface area contributed by atoms with Crippen molar-refractivity contribution in [3.63, 3.8) is 0 Å². The van der Waals surface area contributed by atoms with Crippen LogP contribution in [0.5, 0.6) is 0 Å². The van der Waals surface area contributed by atoms with Crippen molar-refractivity contribution in [2.24, 2.45) is 17.6 Å². The Morgan fingerprint density at radius 3 is 2.73 bits per heavy atom. The van der Waals surface area contributed by atoms with Gasteiger partial charge in [-0.25, -0.2) is 4.79 Å². The lowest BCUT2D eigenvalue weighted by atomic mass is 9.84. The second-order valence-electron chi connectivity index (χ2n) is 8.62. The smallest absolute Gasteiger partial charge is 0.449 e. The molecule has 0 aliphatic carbocycles. The molecule has 10 nitrogen and oxygen atoms in total. The number of aliphatic hydroxyl groups is 1. The first kappa shape index (κ1) is 21.4. The highest BCUT2D eigenvalue weighted by Gasteiger charge is 2.57. The Bertz CT molecular complexity index is 774. The normalized spacial score (nSPS) is 36.6. The van der Waals surface area contributed by atoms with E-state index in [9.17, 15) is 19.5 Å². The van der Waals surface area contributed by atoms with Crippen molar-refractivity contribution < 1.29 is 29.3 Å². The zero-order chi connectivity index (χ0) is 21.6. The lowest BCUT2D eigenvalue weighted by Gasteiger charge is -2.44. The number of β-lactam (4-membered cyclic amide) rings is 1. The third-order valence-corrected chi connectivity index (χ3v) is 7.82. The topological polar surface area (TPSA) is 154 Å². The Morgan fingerprint density at radius 1 is 1.33 bits per heavy atom. The fourth-order valence-corrected chi connectivity index (χ4v) is 6.54. The quantitative estimate of drug-likeness (QED) is 0.267. The number of primary amides is 1. The van der Waals surface area contributed by atoms with Gasteiger partial charge in [0.05, 0.1) is 24.1 Å². The molecular weight excluding hydrogens is 412 g/mol. The highest BCUT2D eigenvalue weighted by molar-refractivity contribution is 8.03. The summed E-state index contributed by atoms with van der Waals surface area (Å²) in [5, 5.41) is 25.9. The van der Waals surface area contributed by atoms with Gasteiger partial charge < -0.3 is 31.3 Å². The zero-order valence-corrected chi connectivity index (χ0v) is 17.6. The largest absolute Gasteiger partial charge is 0.512 e. The monoisotopic (exact) mass is 440 g/mol. The van der Waals surface area contributed by atoms with E-state index >= 15 is 0 Å². The van der Waals surface area contributed by atoms with Gasteiger partial charge in [-0.1, -0.05) is 0 Å². The molecule has 6 N–H and O–H groups in total. The van der Waals surface area contributed by atoms with Crippen LogP contribution in [-0.4, -0.2) is 75.7 Å². The van der Waals surface area contributed by atoms with Gasteiger partial charge in [-0.15, -0.1) is 11.8 Å². The predicted molar refractivity (Wildman–Crippen MR) is 108 cm³/mol. The molecule has 0 aromatic carbocycles. The number of nitrogens with one attached hydrogen (secondary N) is 2. The van der Waals surface area contributed by atoms with Crippen LogP contribution < -0.4 is 16.4 Å². The fraction of sp³-hybridized carbons (Fsp3) is 0.737. The first-order valence-electron chi connectivity index (χ1n) is 10.3. The summed E-state index contributed by atoms with van der Waals surface area (Å²) in [6.45, 7) is 3.14. The summed E-state index contributed by atoms with van der Waals surface area (Å²) in [7, 11) is 0. The van der Waals surface area contributed by atoms with E-state index in [2.05, 4.69) is 10.6 Å². The van der Waals surface area contributed by atoms with Gasteiger partial charge in [-0.05, 0) is 38.6 Å². The first-order valence-corrected chi connectivity index (χ1v) is 11.2. The number of nitrogens with zero attached hydrogens (tertiary/aromatic N) is 1. The molecule has 166 valence electrons. The van der Waals surface area contributed by atoms with E-state index in [1.165, 1.54) is 4.90 Å².